The van der Waals surface area contributed by atoms with Gasteiger partial charge in [-0.25, -0.2) is 13.4 Å². The van der Waals surface area contributed by atoms with Crippen LogP contribution in [0.2, 0.25) is 0 Å². The fourth-order valence-corrected chi connectivity index (χ4v) is 5.32. The molecule has 0 spiro atoms. The van der Waals surface area contributed by atoms with Crippen molar-refractivity contribution in [3.8, 4) is 0 Å². The molecular formula is C16H21N5O3S2. The van der Waals surface area contributed by atoms with Gasteiger partial charge in [0.15, 0.2) is 0 Å². The molecular weight excluding hydrogens is 374 g/mol. The summed E-state index contributed by atoms with van der Waals surface area (Å²) in [6.07, 6.45) is 5.66. The zero-order valence-electron chi connectivity index (χ0n) is 14.4. The maximum absolute atomic E-state index is 12.5. The average molecular weight is 396 g/mol. The van der Waals surface area contributed by atoms with Gasteiger partial charge < -0.3 is 4.42 Å². The van der Waals surface area contributed by atoms with Crippen molar-refractivity contribution >= 4 is 21.8 Å². The second-order valence-electron chi connectivity index (χ2n) is 6.49. The molecule has 0 aromatic carbocycles. The van der Waals surface area contributed by atoms with Crippen molar-refractivity contribution in [3.05, 3.63) is 24.2 Å². The quantitative estimate of drug-likeness (QED) is 0.733. The fourth-order valence-electron chi connectivity index (χ4n) is 3.22. The third-order valence-corrected chi connectivity index (χ3v) is 7.28. The van der Waals surface area contributed by atoms with Crippen LogP contribution < -0.4 is 0 Å². The van der Waals surface area contributed by atoms with Crippen LogP contribution in [0.5, 0.6) is 0 Å². The van der Waals surface area contributed by atoms with E-state index in [9.17, 15) is 8.42 Å². The van der Waals surface area contributed by atoms with Gasteiger partial charge in [0.05, 0.1) is 6.54 Å². The molecule has 0 amide bonds. The third-order valence-electron chi connectivity index (χ3n) is 4.61. The monoisotopic (exact) mass is 395 g/mol. The summed E-state index contributed by atoms with van der Waals surface area (Å²) < 4.78 is 32.2. The predicted octanol–water partition coefficient (Wildman–Crippen LogP) is 2.00. The molecule has 0 aliphatic carbocycles. The number of hydrogen-bond donors (Lipinski definition) is 0. The van der Waals surface area contributed by atoms with Gasteiger partial charge in [0, 0.05) is 19.3 Å². The topological polar surface area (TPSA) is 92.4 Å². The van der Waals surface area contributed by atoms with Gasteiger partial charge in [0.25, 0.3) is 5.22 Å². The highest BCUT2D eigenvalue weighted by Gasteiger charge is 2.27. The minimum absolute atomic E-state index is 0.226. The molecule has 2 aromatic rings. The minimum atomic E-state index is -3.43. The van der Waals surface area contributed by atoms with E-state index in [4.69, 9.17) is 4.42 Å². The van der Waals surface area contributed by atoms with E-state index in [0.29, 0.717) is 35.8 Å². The van der Waals surface area contributed by atoms with Crippen molar-refractivity contribution in [1.29, 1.82) is 0 Å². The molecule has 26 heavy (non-hydrogen) atoms. The molecule has 4 heterocycles. The van der Waals surface area contributed by atoms with Gasteiger partial charge >= 0.3 is 0 Å². The van der Waals surface area contributed by atoms with Crippen LogP contribution in [0.15, 0.2) is 37.9 Å². The van der Waals surface area contributed by atoms with E-state index >= 15 is 0 Å². The minimum Gasteiger partial charge on any atom is -0.414 e. The number of aromatic nitrogens is 3. The second-order valence-corrected chi connectivity index (χ2v) is 9.40. The molecule has 2 fully saturated rings. The first-order valence-corrected chi connectivity index (χ1v) is 11.1. The van der Waals surface area contributed by atoms with Crippen molar-refractivity contribution in [1.82, 2.24) is 24.4 Å². The van der Waals surface area contributed by atoms with E-state index in [1.54, 1.807) is 12.1 Å². The number of rotatable bonds is 6. The highest BCUT2D eigenvalue weighted by Crippen LogP contribution is 2.27. The first-order chi connectivity index (χ1) is 12.6. The molecule has 0 N–H and O–H groups in total. The van der Waals surface area contributed by atoms with E-state index in [-0.39, 0.29) is 4.90 Å². The van der Waals surface area contributed by atoms with Crippen LogP contribution in [0.25, 0.3) is 0 Å². The first-order valence-electron chi connectivity index (χ1n) is 8.80. The summed E-state index contributed by atoms with van der Waals surface area (Å²) in [5, 5.41) is 9.16. The molecule has 140 valence electrons. The Kier molecular flexibility index (Phi) is 5.25. The summed E-state index contributed by atoms with van der Waals surface area (Å²) in [5.74, 6) is 0.600. The summed E-state index contributed by atoms with van der Waals surface area (Å²) in [4.78, 5) is 6.76. The van der Waals surface area contributed by atoms with Crippen molar-refractivity contribution in [3.63, 3.8) is 0 Å². The van der Waals surface area contributed by atoms with E-state index in [0.717, 1.165) is 25.9 Å². The lowest BCUT2D eigenvalue weighted by molar-refractivity contribution is 0.278. The van der Waals surface area contributed by atoms with Gasteiger partial charge in [-0.3, -0.25) is 4.90 Å². The molecule has 0 bridgehead atoms. The van der Waals surface area contributed by atoms with Crippen LogP contribution >= 0.6 is 11.8 Å². The second kappa shape index (κ2) is 7.63. The molecule has 0 saturated carbocycles. The average Bonchev–Trinajstić information content (AvgIpc) is 3.39. The predicted molar refractivity (Wildman–Crippen MR) is 95.2 cm³/mol. The number of pyridine rings is 1. The van der Waals surface area contributed by atoms with Gasteiger partial charge in [-0.2, -0.15) is 4.31 Å². The number of hydrogen-bond acceptors (Lipinski definition) is 8. The lowest BCUT2D eigenvalue weighted by Gasteiger charge is -2.15. The normalized spacial score (nSPS) is 19.4. The summed E-state index contributed by atoms with van der Waals surface area (Å²) in [6.45, 7) is 3.98. The number of likely N-dealkylation sites (tertiary alicyclic amines) is 1. The molecule has 2 saturated heterocycles. The molecule has 10 heteroatoms. The maximum Gasteiger partial charge on any atom is 0.282 e. The van der Waals surface area contributed by atoms with Crippen LogP contribution in [-0.4, -0.2) is 59.0 Å². The lowest BCUT2D eigenvalue weighted by Crippen LogP contribution is -2.27. The van der Waals surface area contributed by atoms with Gasteiger partial charge in [0.1, 0.15) is 9.92 Å². The molecule has 2 aromatic heterocycles. The molecule has 0 radical (unpaired) electrons. The lowest BCUT2D eigenvalue weighted by atomic mass is 10.4. The highest BCUT2D eigenvalue weighted by atomic mass is 32.2. The maximum atomic E-state index is 12.5. The highest BCUT2D eigenvalue weighted by molar-refractivity contribution is 7.99. The number of sulfonamides is 1. The Labute approximate surface area is 157 Å². The zero-order valence-corrected chi connectivity index (χ0v) is 16.0. The Bertz CT molecular complexity index is 841. The van der Waals surface area contributed by atoms with Crippen LogP contribution in [0.1, 0.15) is 31.6 Å². The van der Waals surface area contributed by atoms with Crippen molar-refractivity contribution in [2.75, 3.05) is 26.2 Å². The molecule has 0 unspecified atom stereocenters. The van der Waals surface area contributed by atoms with Crippen LogP contribution in [-0.2, 0) is 16.6 Å². The Balaban J connectivity index is 1.40. The van der Waals surface area contributed by atoms with E-state index < -0.39 is 10.0 Å². The standard InChI is InChI=1S/C16H21N5O3S2/c22-26(23,21-9-3-4-10-21)13-5-6-15(17-11-13)25-16-19-18-14(24-16)12-20-7-1-2-8-20/h5-6,11H,1-4,7-10,12H2. The Morgan fingerprint density at radius 3 is 2.46 bits per heavy atom. The molecule has 4 rings (SSSR count). The summed E-state index contributed by atoms with van der Waals surface area (Å²) in [5.41, 5.74) is 0. The Morgan fingerprint density at radius 1 is 1.04 bits per heavy atom. The van der Waals surface area contributed by atoms with Gasteiger partial charge in [-0.05, 0) is 62.7 Å². The van der Waals surface area contributed by atoms with Crippen LogP contribution in [0.3, 0.4) is 0 Å². The molecule has 0 atom stereocenters. The van der Waals surface area contributed by atoms with Crippen LogP contribution in [0, 0.1) is 0 Å². The molecule has 8 nitrogen and oxygen atoms in total. The smallest absolute Gasteiger partial charge is 0.282 e. The van der Waals surface area contributed by atoms with E-state index in [1.807, 2.05) is 0 Å². The van der Waals surface area contributed by atoms with Gasteiger partial charge in [-0.1, -0.05) is 0 Å². The van der Waals surface area contributed by atoms with E-state index in [2.05, 4.69) is 20.1 Å². The largest absolute Gasteiger partial charge is 0.414 e. The first kappa shape index (κ1) is 17.9. The number of nitrogens with zero attached hydrogens (tertiary/aromatic N) is 5. The third kappa shape index (κ3) is 3.93. The van der Waals surface area contributed by atoms with Crippen LogP contribution in [0.4, 0.5) is 0 Å². The van der Waals surface area contributed by atoms with Crippen molar-refractivity contribution in [2.24, 2.45) is 0 Å². The van der Waals surface area contributed by atoms with Crippen molar-refractivity contribution < 1.29 is 12.8 Å². The van der Waals surface area contributed by atoms with Gasteiger partial charge in [0.2, 0.25) is 15.9 Å². The molecule has 2 aliphatic heterocycles. The Hall–Kier alpha value is -1.49. The summed E-state index contributed by atoms with van der Waals surface area (Å²) in [6, 6.07) is 3.27. The SMILES string of the molecule is O=S(=O)(c1ccc(Sc2nnc(CN3CCCC3)o2)nc1)N1CCCC1. The van der Waals surface area contributed by atoms with Crippen molar-refractivity contribution in [2.45, 2.75) is 47.4 Å². The Morgan fingerprint density at radius 2 is 1.77 bits per heavy atom. The fraction of sp³-hybridized carbons (Fsp3) is 0.562. The van der Waals surface area contributed by atoms with Gasteiger partial charge in [-0.15, -0.1) is 10.2 Å². The van der Waals surface area contributed by atoms with E-state index in [1.165, 1.54) is 35.1 Å². The summed E-state index contributed by atoms with van der Waals surface area (Å²) in [7, 11) is -3.43. The summed E-state index contributed by atoms with van der Waals surface area (Å²) >= 11 is 1.24. The molecule has 2 aliphatic rings. The zero-order chi connectivity index (χ0) is 18.0.